The summed E-state index contributed by atoms with van der Waals surface area (Å²) in [6.45, 7) is 7.52. The maximum Gasteiger partial charge on any atom is 0.316 e. The molecule has 0 saturated carbocycles. The third-order valence-electron chi connectivity index (χ3n) is 2.70. The van der Waals surface area contributed by atoms with Crippen LogP contribution in [0.15, 0.2) is 24.3 Å². The predicted octanol–water partition coefficient (Wildman–Crippen LogP) is 3.16. The van der Waals surface area contributed by atoms with Gasteiger partial charge in [-0.25, -0.2) is 0 Å². The molecule has 2 N–H and O–H groups in total. The van der Waals surface area contributed by atoms with Crippen molar-refractivity contribution in [2.45, 2.75) is 44.6 Å². The lowest BCUT2D eigenvalue weighted by Gasteiger charge is -2.23. The number of hydrogen-bond acceptors (Lipinski definition) is 5. The van der Waals surface area contributed by atoms with Crippen LogP contribution < -0.4 is 10.5 Å². The lowest BCUT2D eigenvalue weighted by molar-refractivity contribution is -0.151. The Hall–Kier alpha value is -1.20. The molecule has 1 rings (SSSR count). The first-order chi connectivity index (χ1) is 9.73. The van der Waals surface area contributed by atoms with Gasteiger partial charge in [0.25, 0.3) is 0 Å². The summed E-state index contributed by atoms with van der Waals surface area (Å²) in [4.78, 5) is 11.8. The summed E-state index contributed by atoms with van der Waals surface area (Å²) >= 11 is 1.50. The van der Waals surface area contributed by atoms with Gasteiger partial charge in [0, 0.05) is 11.3 Å². The molecule has 0 fully saturated rings. The van der Waals surface area contributed by atoms with Gasteiger partial charge in [0.15, 0.2) is 0 Å². The van der Waals surface area contributed by atoms with Crippen molar-refractivity contribution in [1.82, 2.24) is 0 Å². The molecule has 21 heavy (non-hydrogen) atoms. The van der Waals surface area contributed by atoms with Crippen molar-refractivity contribution in [2.75, 3.05) is 12.9 Å². The lowest BCUT2D eigenvalue weighted by Crippen LogP contribution is -2.27. The summed E-state index contributed by atoms with van der Waals surface area (Å²) in [6.07, 6.45) is 0. The predicted molar refractivity (Wildman–Crippen MR) is 87.7 cm³/mol. The summed E-state index contributed by atoms with van der Waals surface area (Å²) in [5.41, 5.74) is 6.65. The van der Waals surface area contributed by atoms with E-state index in [1.54, 1.807) is 7.11 Å². The Morgan fingerprint density at radius 1 is 1.38 bits per heavy atom. The molecule has 0 amide bonds. The number of ether oxygens (including phenoxy) is 2. The number of rotatable bonds is 6. The normalized spacial score (nSPS) is 14.4. The van der Waals surface area contributed by atoms with Crippen LogP contribution in [-0.4, -0.2) is 30.5 Å². The molecule has 0 heterocycles. The molecule has 0 bridgehead atoms. The van der Waals surface area contributed by atoms with Gasteiger partial charge in [-0.2, -0.15) is 0 Å². The monoisotopic (exact) mass is 311 g/mol. The van der Waals surface area contributed by atoms with Crippen LogP contribution >= 0.6 is 11.8 Å². The van der Waals surface area contributed by atoms with Crippen LogP contribution in [0.25, 0.3) is 0 Å². The topological polar surface area (TPSA) is 61.5 Å². The van der Waals surface area contributed by atoms with E-state index in [1.807, 2.05) is 52.0 Å². The molecular formula is C16H25NO3S. The van der Waals surface area contributed by atoms with Crippen LogP contribution in [0, 0.1) is 0 Å². The van der Waals surface area contributed by atoms with E-state index in [9.17, 15) is 4.79 Å². The molecule has 0 radical (unpaired) electrons. The van der Waals surface area contributed by atoms with Gasteiger partial charge in [-0.15, -0.1) is 11.8 Å². The summed E-state index contributed by atoms with van der Waals surface area (Å²) in [5, 5.41) is 0.0209. The molecule has 0 aromatic heterocycles. The van der Waals surface area contributed by atoms with E-state index in [1.165, 1.54) is 11.8 Å². The zero-order valence-electron chi connectivity index (χ0n) is 13.4. The number of carbonyl (C=O) groups is 1. The van der Waals surface area contributed by atoms with Crippen LogP contribution in [0.1, 0.15) is 38.5 Å². The van der Waals surface area contributed by atoms with E-state index < -0.39 is 5.60 Å². The Morgan fingerprint density at radius 3 is 2.57 bits per heavy atom. The number of benzene rings is 1. The maximum atomic E-state index is 11.8. The van der Waals surface area contributed by atoms with Crippen LogP contribution in [-0.2, 0) is 9.53 Å². The van der Waals surface area contributed by atoms with Crippen molar-refractivity contribution in [1.29, 1.82) is 0 Å². The maximum absolute atomic E-state index is 11.8. The van der Waals surface area contributed by atoms with Crippen molar-refractivity contribution in [2.24, 2.45) is 5.73 Å². The number of methoxy groups -OCH3 is 1. The van der Waals surface area contributed by atoms with Gasteiger partial charge in [0.1, 0.15) is 11.4 Å². The van der Waals surface area contributed by atoms with Crippen LogP contribution in [0.2, 0.25) is 0 Å². The highest BCUT2D eigenvalue weighted by atomic mass is 32.2. The minimum atomic E-state index is -0.461. The molecule has 1 aromatic rings. The molecule has 0 aliphatic carbocycles. The molecule has 4 nitrogen and oxygen atoms in total. The molecule has 2 atom stereocenters. The lowest BCUT2D eigenvalue weighted by atomic mass is 10.1. The minimum Gasteiger partial charge on any atom is -0.497 e. The molecule has 2 unspecified atom stereocenters. The van der Waals surface area contributed by atoms with Gasteiger partial charge in [-0.1, -0.05) is 12.1 Å². The fourth-order valence-corrected chi connectivity index (χ4v) is 2.92. The molecular weight excluding hydrogens is 286 g/mol. The second-order valence-corrected chi connectivity index (χ2v) is 7.08. The van der Waals surface area contributed by atoms with Gasteiger partial charge in [0.05, 0.1) is 12.9 Å². The van der Waals surface area contributed by atoms with E-state index in [0.29, 0.717) is 0 Å². The Bertz CT molecular complexity index is 469. The molecule has 0 spiro atoms. The first-order valence-electron chi connectivity index (χ1n) is 6.96. The first-order valence-corrected chi connectivity index (χ1v) is 8.01. The fourth-order valence-electron chi connectivity index (χ4n) is 1.90. The van der Waals surface area contributed by atoms with Crippen LogP contribution in [0.5, 0.6) is 5.75 Å². The quantitative estimate of drug-likeness (QED) is 0.818. The highest BCUT2D eigenvalue weighted by Crippen LogP contribution is 2.33. The number of nitrogens with two attached hydrogens (primary N) is 1. The van der Waals surface area contributed by atoms with Crippen LogP contribution in [0.4, 0.5) is 0 Å². The summed E-state index contributed by atoms with van der Waals surface area (Å²) < 4.78 is 10.6. The van der Waals surface area contributed by atoms with Crippen LogP contribution in [0.3, 0.4) is 0 Å². The molecule has 1 aromatic carbocycles. The van der Waals surface area contributed by atoms with Gasteiger partial charge in [0.2, 0.25) is 0 Å². The van der Waals surface area contributed by atoms with Crippen molar-refractivity contribution in [3.05, 3.63) is 29.8 Å². The average molecular weight is 311 g/mol. The van der Waals surface area contributed by atoms with E-state index in [0.717, 1.165) is 11.3 Å². The third kappa shape index (κ3) is 6.40. The Labute approximate surface area is 131 Å². The van der Waals surface area contributed by atoms with E-state index in [2.05, 4.69) is 0 Å². The van der Waals surface area contributed by atoms with Gasteiger partial charge in [-0.3, -0.25) is 4.79 Å². The molecule has 0 aliphatic heterocycles. The largest absolute Gasteiger partial charge is 0.497 e. The Morgan fingerprint density at radius 2 is 2.05 bits per heavy atom. The third-order valence-corrected chi connectivity index (χ3v) is 4.16. The summed E-state index contributed by atoms with van der Waals surface area (Å²) in [6, 6.07) is 7.69. The van der Waals surface area contributed by atoms with Crippen molar-refractivity contribution in [3.8, 4) is 5.75 Å². The van der Waals surface area contributed by atoms with E-state index in [4.69, 9.17) is 15.2 Å². The summed E-state index contributed by atoms with van der Waals surface area (Å²) in [5.74, 6) is 0.845. The number of esters is 1. The zero-order valence-corrected chi connectivity index (χ0v) is 14.2. The van der Waals surface area contributed by atoms with Crippen molar-refractivity contribution >= 4 is 17.7 Å². The van der Waals surface area contributed by atoms with Gasteiger partial charge >= 0.3 is 5.97 Å². The number of carbonyl (C=O) groups excluding carboxylic acids is 1. The van der Waals surface area contributed by atoms with E-state index >= 15 is 0 Å². The SMILES string of the molecule is COc1cccc(C(SCC(=O)OC(C)(C)C)C(C)N)c1. The molecule has 118 valence electrons. The molecule has 5 heteroatoms. The Balaban J connectivity index is 2.72. The van der Waals surface area contributed by atoms with E-state index in [-0.39, 0.29) is 23.0 Å². The second kappa shape index (κ2) is 7.71. The van der Waals surface area contributed by atoms with Gasteiger partial charge < -0.3 is 15.2 Å². The zero-order chi connectivity index (χ0) is 16.0. The highest BCUT2D eigenvalue weighted by molar-refractivity contribution is 8.00. The molecule has 0 saturated heterocycles. The second-order valence-electron chi connectivity index (χ2n) is 5.95. The Kier molecular flexibility index (Phi) is 6.55. The standard InChI is InChI=1S/C16H25NO3S/c1-11(17)15(12-7-6-8-13(9-12)19-5)21-10-14(18)20-16(2,3)4/h6-9,11,15H,10,17H2,1-5H3. The highest BCUT2D eigenvalue weighted by Gasteiger charge is 2.21. The number of hydrogen-bond donors (Lipinski definition) is 1. The van der Waals surface area contributed by atoms with Gasteiger partial charge in [-0.05, 0) is 45.4 Å². The van der Waals surface area contributed by atoms with Crippen molar-refractivity contribution in [3.63, 3.8) is 0 Å². The van der Waals surface area contributed by atoms with Crippen molar-refractivity contribution < 1.29 is 14.3 Å². The smallest absolute Gasteiger partial charge is 0.316 e. The minimum absolute atomic E-state index is 0.0209. The average Bonchev–Trinajstić information content (AvgIpc) is 2.36. The fraction of sp³-hybridized carbons (Fsp3) is 0.562. The summed E-state index contributed by atoms with van der Waals surface area (Å²) in [7, 11) is 1.63. The number of thioether (sulfide) groups is 1. The molecule has 0 aliphatic rings. The first kappa shape index (κ1) is 17.9.